The van der Waals surface area contributed by atoms with Crippen molar-refractivity contribution >= 4 is 15.9 Å². The molecule has 3 nitrogen and oxygen atoms in total. The molecular weight excluding hydrogens is 196 g/mol. The Kier molecular flexibility index (Phi) is 2.11. The summed E-state index contributed by atoms with van der Waals surface area (Å²) in [5.74, 6) is 0. The van der Waals surface area contributed by atoms with Crippen LogP contribution in [-0.4, -0.2) is 14.9 Å². The fourth-order valence-corrected chi connectivity index (χ4v) is 1.44. The van der Waals surface area contributed by atoms with Crippen molar-refractivity contribution in [2.24, 2.45) is 7.05 Å². The van der Waals surface area contributed by atoms with Crippen LogP contribution in [0, 0.1) is 0 Å². The van der Waals surface area contributed by atoms with Gasteiger partial charge in [-0.1, -0.05) is 0 Å². The van der Waals surface area contributed by atoms with Gasteiger partial charge < -0.3 is 5.11 Å². The minimum Gasteiger partial charge on any atom is -0.389 e. The fraction of sp³-hybridized carbons (Fsp3) is 0.500. The molecule has 1 heterocycles. The molecule has 1 unspecified atom stereocenters. The maximum atomic E-state index is 9.13. The van der Waals surface area contributed by atoms with E-state index in [2.05, 4.69) is 21.0 Å². The van der Waals surface area contributed by atoms with Gasteiger partial charge in [-0.05, 0) is 22.9 Å². The third-order valence-corrected chi connectivity index (χ3v) is 1.88. The van der Waals surface area contributed by atoms with Crippen molar-refractivity contribution in [3.05, 3.63) is 16.4 Å². The van der Waals surface area contributed by atoms with Crippen LogP contribution in [0.25, 0.3) is 0 Å². The summed E-state index contributed by atoms with van der Waals surface area (Å²) in [6.07, 6.45) is 1.33. The van der Waals surface area contributed by atoms with Gasteiger partial charge in [0, 0.05) is 18.8 Å². The molecule has 0 fully saturated rings. The zero-order valence-corrected chi connectivity index (χ0v) is 7.46. The second-order valence-electron chi connectivity index (χ2n) is 2.22. The van der Waals surface area contributed by atoms with Crippen LogP contribution < -0.4 is 0 Å². The van der Waals surface area contributed by atoms with Crippen LogP contribution in [0.15, 0.2) is 10.8 Å². The molecule has 1 aromatic heterocycles. The van der Waals surface area contributed by atoms with Crippen molar-refractivity contribution in [1.29, 1.82) is 0 Å². The average Bonchev–Trinajstić information content (AvgIpc) is 2.10. The number of hydrogen-bond acceptors (Lipinski definition) is 2. The number of aliphatic hydroxyl groups is 1. The van der Waals surface area contributed by atoms with Gasteiger partial charge in [0.2, 0.25) is 0 Å². The van der Waals surface area contributed by atoms with E-state index >= 15 is 0 Å². The van der Waals surface area contributed by atoms with E-state index < -0.39 is 6.10 Å². The third-order valence-electron chi connectivity index (χ3n) is 1.26. The van der Waals surface area contributed by atoms with Gasteiger partial charge in [-0.15, -0.1) is 0 Å². The molecule has 0 bridgehead atoms. The van der Waals surface area contributed by atoms with E-state index in [0.717, 1.165) is 5.56 Å². The van der Waals surface area contributed by atoms with Gasteiger partial charge in [0.1, 0.15) is 4.60 Å². The van der Waals surface area contributed by atoms with Crippen molar-refractivity contribution < 1.29 is 5.11 Å². The first kappa shape index (κ1) is 7.75. The molecule has 0 saturated heterocycles. The van der Waals surface area contributed by atoms with Gasteiger partial charge in [-0.2, -0.15) is 5.10 Å². The van der Waals surface area contributed by atoms with Gasteiger partial charge in [0.25, 0.3) is 0 Å². The molecule has 0 radical (unpaired) electrons. The number of halogens is 1. The molecule has 10 heavy (non-hydrogen) atoms. The topological polar surface area (TPSA) is 38.0 Å². The molecule has 0 aliphatic carbocycles. The highest BCUT2D eigenvalue weighted by atomic mass is 79.9. The highest BCUT2D eigenvalue weighted by Crippen LogP contribution is 2.20. The molecule has 0 spiro atoms. The summed E-state index contributed by atoms with van der Waals surface area (Å²) < 4.78 is 2.37. The Labute approximate surface area is 67.8 Å². The molecule has 4 heteroatoms. The first-order valence-electron chi connectivity index (χ1n) is 2.98. The Morgan fingerprint density at radius 2 is 2.40 bits per heavy atom. The standard InChI is InChI=1S/C6H9BrN2O/c1-4(10)5-3-9(2)8-6(5)7/h3-4,10H,1-2H3. The quantitative estimate of drug-likeness (QED) is 0.748. The summed E-state index contributed by atoms with van der Waals surface area (Å²) in [7, 11) is 1.82. The van der Waals surface area contributed by atoms with Crippen LogP contribution in [0.2, 0.25) is 0 Å². The molecule has 0 aliphatic heterocycles. The van der Waals surface area contributed by atoms with Gasteiger partial charge in [-0.3, -0.25) is 4.68 Å². The van der Waals surface area contributed by atoms with Crippen LogP contribution in [-0.2, 0) is 7.05 Å². The van der Waals surface area contributed by atoms with E-state index in [0.29, 0.717) is 4.60 Å². The lowest BCUT2D eigenvalue weighted by Crippen LogP contribution is -1.88. The van der Waals surface area contributed by atoms with Crippen LogP contribution in [0.4, 0.5) is 0 Å². The largest absolute Gasteiger partial charge is 0.389 e. The molecule has 0 amide bonds. The van der Waals surface area contributed by atoms with Gasteiger partial charge in [0.15, 0.2) is 0 Å². The maximum absolute atomic E-state index is 9.13. The minimum atomic E-state index is -0.455. The van der Waals surface area contributed by atoms with Crippen molar-refractivity contribution in [3.8, 4) is 0 Å². The molecule has 0 aliphatic rings. The number of nitrogens with zero attached hydrogens (tertiary/aromatic N) is 2. The highest BCUT2D eigenvalue weighted by molar-refractivity contribution is 9.10. The van der Waals surface area contributed by atoms with Crippen LogP contribution >= 0.6 is 15.9 Å². The smallest absolute Gasteiger partial charge is 0.133 e. The summed E-state index contributed by atoms with van der Waals surface area (Å²) in [4.78, 5) is 0. The maximum Gasteiger partial charge on any atom is 0.133 e. The van der Waals surface area contributed by atoms with Crippen LogP contribution in [0.3, 0.4) is 0 Å². The molecule has 1 aromatic rings. The molecule has 1 atom stereocenters. The average molecular weight is 205 g/mol. The van der Waals surface area contributed by atoms with Gasteiger partial charge in [-0.25, -0.2) is 0 Å². The SMILES string of the molecule is CC(O)c1cn(C)nc1Br. The predicted molar refractivity (Wildman–Crippen MR) is 41.5 cm³/mol. The Balaban J connectivity index is 3.03. The first-order valence-corrected chi connectivity index (χ1v) is 3.77. The van der Waals surface area contributed by atoms with E-state index in [-0.39, 0.29) is 0 Å². The summed E-state index contributed by atoms with van der Waals surface area (Å²) in [5, 5.41) is 13.1. The van der Waals surface area contributed by atoms with E-state index in [1.165, 1.54) is 0 Å². The molecule has 0 saturated carbocycles. The predicted octanol–water partition coefficient (Wildman–Crippen LogP) is 1.24. The monoisotopic (exact) mass is 204 g/mol. The Morgan fingerprint density at radius 3 is 2.60 bits per heavy atom. The summed E-state index contributed by atoms with van der Waals surface area (Å²) in [6.45, 7) is 1.71. The van der Waals surface area contributed by atoms with Crippen molar-refractivity contribution in [3.63, 3.8) is 0 Å². The van der Waals surface area contributed by atoms with Crippen molar-refractivity contribution in [2.45, 2.75) is 13.0 Å². The van der Waals surface area contributed by atoms with E-state index in [4.69, 9.17) is 5.11 Å². The zero-order valence-electron chi connectivity index (χ0n) is 5.87. The van der Waals surface area contributed by atoms with Crippen LogP contribution in [0.5, 0.6) is 0 Å². The van der Waals surface area contributed by atoms with Gasteiger partial charge >= 0.3 is 0 Å². The second kappa shape index (κ2) is 2.72. The molecule has 1 rings (SSSR count). The van der Waals surface area contributed by atoms with Crippen molar-refractivity contribution in [2.75, 3.05) is 0 Å². The van der Waals surface area contributed by atoms with E-state index in [1.54, 1.807) is 17.8 Å². The Bertz CT molecular complexity index is 232. The summed E-state index contributed by atoms with van der Waals surface area (Å²) in [5.41, 5.74) is 0.822. The lowest BCUT2D eigenvalue weighted by Gasteiger charge is -1.97. The minimum absolute atomic E-state index is 0.455. The number of aliphatic hydroxyl groups excluding tert-OH is 1. The lowest BCUT2D eigenvalue weighted by atomic mass is 10.2. The number of aromatic nitrogens is 2. The van der Waals surface area contributed by atoms with Crippen LogP contribution in [0.1, 0.15) is 18.6 Å². The highest BCUT2D eigenvalue weighted by Gasteiger charge is 2.08. The summed E-state index contributed by atoms with van der Waals surface area (Å²) >= 11 is 3.23. The summed E-state index contributed by atoms with van der Waals surface area (Å²) in [6, 6.07) is 0. The van der Waals surface area contributed by atoms with Gasteiger partial charge in [0.05, 0.1) is 6.10 Å². The van der Waals surface area contributed by atoms with E-state index in [1.807, 2.05) is 7.05 Å². The second-order valence-corrected chi connectivity index (χ2v) is 2.98. The zero-order chi connectivity index (χ0) is 7.72. The lowest BCUT2D eigenvalue weighted by molar-refractivity contribution is 0.198. The molecule has 1 N–H and O–H groups in total. The number of aryl methyl sites for hydroxylation is 1. The normalized spacial score (nSPS) is 13.6. The molecule has 0 aromatic carbocycles. The molecule has 56 valence electrons. The van der Waals surface area contributed by atoms with Crippen molar-refractivity contribution in [1.82, 2.24) is 9.78 Å². The third kappa shape index (κ3) is 1.38. The van der Waals surface area contributed by atoms with E-state index in [9.17, 15) is 0 Å². The number of rotatable bonds is 1. The first-order chi connectivity index (χ1) is 4.61. The molecular formula is C6H9BrN2O. The Morgan fingerprint density at radius 1 is 1.80 bits per heavy atom. The number of hydrogen-bond donors (Lipinski definition) is 1. The fourth-order valence-electron chi connectivity index (χ4n) is 0.760. The Hall–Kier alpha value is -0.350.